The smallest absolute Gasteiger partial charge is 0.273 e. The Morgan fingerprint density at radius 1 is 1.15 bits per heavy atom. The molecular formula is C26H27N9O5. The summed E-state index contributed by atoms with van der Waals surface area (Å²) in [5, 5.41) is 16.9. The van der Waals surface area contributed by atoms with E-state index in [0.29, 0.717) is 11.4 Å². The lowest BCUT2D eigenvalue weighted by atomic mass is 10.2. The predicted octanol–water partition coefficient (Wildman–Crippen LogP) is 3.68. The third-order valence-corrected chi connectivity index (χ3v) is 6.29. The summed E-state index contributed by atoms with van der Waals surface area (Å²) in [4.78, 5) is 43.3. The van der Waals surface area contributed by atoms with Crippen LogP contribution in [0.15, 0.2) is 55.1 Å². The number of hydrogen-bond donors (Lipinski definition) is 3. The van der Waals surface area contributed by atoms with Crippen LogP contribution in [0.1, 0.15) is 0 Å². The number of amides is 1. The summed E-state index contributed by atoms with van der Waals surface area (Å²) in [7, 11) is 3.69. The lowest BCUT2D eigenvalue weighted by Crippen LogP contribution is -2.44. The summed E-state index contributed by atoms with van der Waals surface area (Å²) in [5.74, 6) is 0.558. The van der Waals surface area contributed by atoms with Crippen LogP contribution in [0.2, 0.25) is 0 Å². The fourth-order valence-corrected chi connectivity index (χ4v) is 4.17. The number of aromatic amines is 1. The molecule has 2 aromatic carbocycles. The molecule has 0 radical (unpaired) electrons. The van der Waals surface area contributed by atoms with Gasteiger partial charge in [-0.2, -0.15) is 15.0 Å². The second kappa shape index (κ2) is 11.2. The Hall–Kier alpha value is -5.24. The monoisotopic (exact) mass is 545 g/mol. The lowest BCUT2D eigenvalue weighted by molar-refractivity contribution is -0.384. The zero-order chi connectivity index (χ0) is 28.2. The molecule has 0 bridgehead atoms. The Morgan fingerprint density at radius 3 is 2.67 bits per heavy atom. The van der Waals surface area contributed by atoms with Crippen molar-refractivity contribution in [2.75, 3.05) is 55.9 Å². The fraction of sp³-hybridized carbons (Fsp3) is 0.231. The van der Waals surface area contributed by atoms with Crippen molar-refractivity contribution in [2.45, 2.75) is 0 Å². The van der Waals surface area contributed by atoms with E-state index in [1.165, 1.54) is 18.2 Å². The highest BCUT2D eigenvalue weighted by atomic mass is 16.6. The number of benzene rings is 2. The average Bonchev–Trinajstić information content (AvgIpc) is 3.36. The van der Waals surface area contributed by atoms with Crippen LogP contribution < -0.4 is 25.0 Å². The normalized spacial score (nSPS) is 13.6. The Balaban J connectivity index is 1.49. The first-order chi connectivity index (χ1) is 19.3. The van der Waals surface area contributed by atoms with Crippen LogP contribution in [0.4, 0.5) is 29.0 Å². The molecule has 1 aliphatic rings. The molecule has 40 heavy (non-hydrogen) atoms. The molecule has 4 aromatic rings. The van der Waals surface area contributed by atoms with Crippen LogP contribution >= 0.6 is 0 Å². The van der Waals surface area contributed by atoms with E-state index in [2.05, 4.69) is 54.0 Å². The average molecular weight is 546 g/mol. The molecule has 0 spiro atoms. The number of nitro groups is 1. The largest absolute Gasteiger partial charge is 0.494 e. The molecule has 0 unspecified atom stereocenters. The third-order valence-electron chi connectivity index (χ3n) is 6.29. The summed E-state index contributed by atoms with van der Waals surface area (Å²) in [6.07, 6.45) is 1.10. The quantitative estimate of drug-likeness (QED) is 0.160. The van der Waals surface area contributed by atoms with Gasteiger partial charge in [-0.25, -0.2) is 0 Å². The number of ether oxygens (including phenoxy) is 2. The molecule has 1 saturated heterocycles. The van der Waals surface area contributed by atoms with Gasteiger partial charge in [-0.05, 0) is 31.3 Å². The first-order valence-electron chi connectivity index (χ1n) is 12.3. The second-order valence-electron chi connectivity index (χ2n) is 8.99. The van der Waals surface area contributed by atoms with Crippen molar-refractivity contribution >= 4 is 46.0 Å². The Kier molecular flexibility index (Phi) is 7.41. The molecule has 1 fully saturated rings. The number of H-pyrrole nitrogens is 1. The maximum absolute atomic E-state index is 11.8. The highest BCUT2D eigenvalue weighted by molar-refractivity contribution is 5.98. The first kappa shape index (κ1) is 26.4. The summed E-state index contributed by atoms with van der Waals surface area (Å²) in [5.41, 5.74) is 1.96. The highest BCUT2D eigenvalue weighted by Crippen LogP contribution is 2.34. The van der Waals surface area contributed by atoms with Crippen molar-refractivity contribution in [1.82, 2.24) is 24.8 Å². The van der Waals surface area contributed by atoms with Crippen LogP contribution in [0.25, 0.3) is 11.2 Å². The number of hydrogen-bond acceptors (Lipinski definition) is 11. The van der Waals surface area contributed by atoms with Gasteiger partial charge in [0.05, 0.1) is 23.8 Å². The van der Waals surface area contributed by atoms with E-state index in [0.717, 1.165) is 37.9 Å². The summed E-state index contributed by atoms with van der Waals surface area (Å²) < 4.78 is 11.6. The minimum Gasteiger partial charge on any atom is -0.494 e. The number of non-ortho nitro benzene ring substituents is 1. The van der Waals surface area contributed by atoms with E-state index in [1.807, 2.05) is 18.2 Å². The number of nitro benzene ring substituents is 1. The van der Waals surface area contributed by atoms with Crippen molar-refractivity contribution in [3.8, 4) is 17.4 Å². The van der Waals surface area contributed by atoms with Gasteiger partial charge in [-0.3, -0.25) is 20.2 Å². The fourth-order valence-electron chi connectivity index (χ4n) is 4.17. The number of methoxy groups -OCH3 is 1. The Morgan fingerprint density at radius 2 is 1.95 bits per heavy atom. The van der Waals surface area contributed by atoms with Gasteiger partial charge in [0.1, 0.15) is 11.5 Å². The summed E-state index contributed by atoms with van der Waals surface area (Å²) in [6, 6.07) is 11.5. The van der Waals surface area contributed by atoms with E-state index in [-0.39, 0.29) is 40.4 Å². The molecule has 0 atom stereocenters. The molecule has 14 nitrogen and oxygen atoms in total. The number of imidazole rings is 1. The van der Waals surface area contributed by atoms with Crippen LogP contribution in [0.5, 0.6) is 17.4 Å². The number of likely N-dealkylation sites (N-methyl/N-ethyl adjacent to an activating group) is 1. The Labute approximate surface area is 228 Å². The summed E-state index contributed by atoms with van der Waals surface area (Å²) in [6.45, 7) is 7.21. The third kappa shape index (κ3) is 5.76. The van der Waals surface area contributed by atoms with Gasteiger partial charge in [0, 0.05) is 44.0 Å². The second-order valence-corrected chi connectivity index (χ2v) is 8.99. The number of nitrogens with one attached hydrogen (secondary N) is 3. The molecule has 2 aromatic heterocycles. The van der Waals surface area contributed by atoms with Crippen molar-refractivity contribution in [2.24, 2.45) is 0 Å². The SMILES string of the molecule is C=CC(=O)Nc1nc2nc(Nc3ccc(N4CCN(C)CC4)cc3OC)nc(Oc3cccc([N+](=O)[O-])c3)c2[nH]1. The van der Waals surface area contributed by atoms with Gasteiger partial charge in [0.2, 0.25) is 17.8 Å². The van der Waals surface area contributed by atoms with Crippen LogP contribution in [-0.2, 0) is 4.79 Å². The number of carbonyl (C=O) groups is 1. The molecular weight excluding hydrogens is 518 g/mol. The highest BCUT2D eigenvalue weighted by Gasteiger charge is 2.19. The number of rotatable bonds is 9. The molecule has 14 heteroatoms. The minimum atomic E-state index is -0.521. The van der Waals surface area contributed by atoms with Gasteiger partial charge in [-0.1, -0.05) is 12.6 Å². The number of nitrogens with zero attached hydrogens (tertiary/aromatic N) is 6. The molecule has 3 heterocycles. The van der Waals surface area contributed by atoms with Gasteiger partial charge in [0.15, 0.2) is 11.2 Å². The van der Waals surface area contributed by atoms with E-state index in [1.54, 1.807) is 13.2 Å². The van der Waals surface area contributed by atoms with E-state index >= 15 is 0 Å². The van der Waals surface area contributed by atoms with Crippen LogP contribution in [-0.4, -0.2) is 76.0 Å². The molecule has 3 N–H and O–H groups in total. The lowest BCUT2D eigenvalue weighted by Gasteiger charge is -2.34. The number of aromatic nitrogens is 4. The summed E-state index contributed by atoms with van der Waals surface area (Å²) >= 11 is 0. The maximum atomic E-state index is 11.8. The zero-order valence-electron chi connectivity index (χ0n) is 21.9. The number of anilines is 4. The zero-order valence-corrected chi connectivity index (χ0v) is 21.9. The topological polar surface area (TPSA) is 164 Å². The van der Waals surface area contributed by atoms with Crippen molar-refractivity contribution in [3.63, 3.8) is 0 Å². The molecule has 1 aliphatic heterocycles. The van der Waals surface area contributed by atoms with Gasteiger partial charge >= 0.3 is 0 Å². The van der Waals surface area contributed by atoms with Gasteiger partial charge in [-0.15, -0.1) is 0 Å². The Bertz CT molecular complexity index is 1580. The molecule has 5 rings (SSSR count). The number of carbonyl (C=O) groups excluding carboxylic acids is 1. The molecule has 0 aliphatic carbocycles. The van der Waals surface area contributed by atoms with Crippen molar-refractivity contribution in [3.05, 3.63) is 65.2 Å². The number of fused-ring (bicyclic) bond motifs is 1. The standard InChI is InChI=1S/C26H27N9O5/c1-4-21(36)28-26-29-22-23(31-26)30-25(32-24(22)40-18-7-5-6-17(14-18)35(37)38)27-19-9-8-16(15-20(19)39-3)34-12-10-33(2)11-13-34/h4-9,14-15H,1,10-13H2,2-3H3,(H3,27,28,29,30,31,32,36). The maximum Gasteiger partial charge on any atom is 0.273 e. The van der Waals surface area contributed by atoms with E-state index in [4.69, 9.17) is 9.47 Å². The predicted molar refractivity (Wildman–Crippen MR) is 150 cm³/mol. The van der Waals surface area contributed by atoms with Crippen molar-refractivity contribution < 1.29 is 19.2 Å². The van der Waals surface area contributed by atoms with Crippen LogP contribution in [0, 0.1) is 10.1 Å². The van der Waals surface area contributed by atoms with Crippen LogP contribution in [0.3, 0.4) is 0 Å². The molecule has 1 amide bonds. The minimum absolute atomic E-state index is 0.0348. The molecule has 206 valence electrons. The van der Waals surface area contributed by atoms with E-state index < -0.39 is 10.8 Å². The molecule has 0 saturated carbocycles. The van der Waals surface area contributed by atoms with Gasteiger partial charge in [0.25, 0.3) is 11.6 Å². The van der Waals surface area contributed by atoms with E-state index in [9.17, 15) is 14.9 Å². The number of piperazine rings is 1. The van der Waals surface area contributed by atoms with Gasteiger partial charge < -0.3 is 29.6 Å². The first-order valence-corrected chi connectivity index (χ1v) is 12.3. The van der Waals surface area contributed by atoms with Crippen molar-refractivity contribution in [1.29, 1.82) is 0 Å².